The Balaban J connectivity index is 2.00. The fraction of sp³-hybridized carbons (Fsp3) is 0.259. The van der Waals surface area contributed by atoms with E-state index in [0.29, 0.717) is 21.7 Å². The zero-order valence-electron chi connectivity index (χ0n) is 20.6. The molecule has 0 aromatic heterocycles. The van der Waals surface area contributed by atoms with Crippen LogP contribution < -0.4 is 9.62 Å². The average Bonchev–Trinajstić information content (AvgIpc) is 2.89. The molecule has 3 aromatic carbocycles. The molecule has 0 saturated heterocycles. The summed E-state index contributed by atoms with van der Waals surface area (Å²) in [6.07, 6.45) is 0.746. The minimum atomic E-state index is -4.09. The molecule has 37 heavy (non-hydrogen) atoms. The Labute approximate surface area is 231 Å². The monoisotopic (exact) mass is 605 g/mol. The Morgan fingerprint density at radius 1 is 1.00 bits per heavy atom. The normalized spacial score (nSPS) is 12.0. The van der Waals surface area contributed by atoms with Crippen LogP contribution in [0.5, 0.6) is 0 Å². The standard InChI is InChI=1S/C27H29BrClN3O4S/c1-3-16-30-27(34)20(2)31(18-21-12-14-23(29)15-13-21)26(33)19-32(24-9-7-8-22(28)17-24)37(35,36)25-10-5-4-6-11-25/h4-15,17,20H,3,16,18-19H2,1-2H3,(H,30,34). The van der Waals surface area contributed by atoms with E-state index in [4.69, 9.17) is 11.6 Å². The van der Waals surface area contributed by atoms with Crippen LogP contribution >= 0.6 is 27.5 Å². The van der Waals surface area contributed by atoms with Crippen molar-refractivity contribution < 1.29 is 18.0 Å². The molecule has 1 atom stereocenters. The maximum Gasteiger partial charge on any atom is 0.264 e. The van der Waals surface area contributed by atoms with E-state index in [1.54, 1.807) is 73.7 Å². The van der Waals surface area contributed by atoms with Crippen molar-refractivity contribution in [2.75, 3.05) is 17.4 Å². The lowest BCUT2D eigenvalue weighted by Gasteiger charge is -2.32. The second-order valence-corrected chi connectivity index (χ2v) is 11.6. The van der Waals surface area contributed by atoms with Gasteiger partial charge in [0, 0.05) is 22.6 Å². The van der Waals surface area contributed by atoms with Crippen LogP contribution in [0.2, 0.25) is 5.02 Å². The van der Waals surface area contributed by atoms with E-state index in [1.807, 2.05) is 6.92 Å². The molecule has 2 amide bonds. The van der Waals surface area contributed by atoms with Crippen molar-refractivity contribution in [1.29, 1.82) is 0 Å². The third-order valence-electron chi connectivity index (χ3n) is 5.69. The van der Waals surface area contributed by atoms with Crippen LogP contribution in [-0.2, 0) is 26.2 Å². The number of nitrogens with one attached hydrogen (secondary N) is 1. The lowest BCUT2D eigenvalue weighted by molar-refractivity contribution is -0.139. The van der Waals surface area contributed by atoms with Gasteiger partial charge in [-0.1, -0.05) is 70.9 Å². The minimum Gasteiger partial charge on any atom is -0.354 e. The number of hydrogen-bond acceptors (Lipinski definition) is 4. The Bertz CT molecular complexity index is 1320. The van der Waals surface area contributed by atoms with Gasteiger partial charge in [0.1, 0.15) is 12.6 Å². The van der Waals surface area contributed by atoms with Gasteiger partial charge < -0.3 is 10.2 Å². The van der Waals surface area contributed by atoms with Crippen molar-refractivity contribution in [3.63, 3.8) is 0 Å². The van der Waals surface area contributed by atoms with Crippen molar-refractivity contribution in [3.05, 3.63) is 93.9 Å². The number of nitrogens with zero attached hydrogens (tertiary/aromatic N) is 2. The molecule has 0 fully saturated rings. The van der Waals surface area contributed by atoms with E-state index < -0.39 is 28.5 Å². The van der Waals surface area contributed by atoms with E-state index >= 15 is 0 Å². The number of anilines is 1. The minimum absolute atomic E-state index is 0.0563. The largest absolute Gasteiger partial charge is 0.354 e. The highest BCUT2D eigenvalue weighted by atomic mass is 79.9. The third kappa shape index (κ3) is 7.56. The van der Waals surface area contributed by atoms with Gasteiger partial charge in [0.15, 0.2) is 0 Å². The first-order valence-electron chi connectivity index (χ1n) is 11.8. The first-order chi connectivity index (χ1) is 17.6. The van der Waals surface area contributed by atoms with Gasteiger partial charge in [-0.05, 0) is 61.4 Å². The predicted octanol–water partition coefficient (Wildman–Crippen LogP) is 5.24. The summed E-state index contributed by atoms with van der Waals surface area (Å²) in [5, 5.41) is 3.37. The number of carbonyl (C=O) groups is 2. The Hall–Kier alpha value is -2.88. The molecular weight excluding hydrogens is 578 g/mol. The molecule has 0 radical (unpaired) electrons. The Morgan fingerprint density at radius 2 is 1.68 bits per heavy atom. The molecular formula is C27H29BrClN3O4S. The van der Waals surface area contributed by atoms with Crippen LogP contribution in [0.4, 0.5) is 5.69 Å². The van der Waals surface area contributed by atoms with Crippen LogP contribution in [0.3, 0.4) is 0 Å². The fourth-order valence-corrected chi connectivity index (χ4v) is 5.58. The highest BCUT2D eigenvalue weighted by Gasteiger charge is 2.32. The van der Waals surface area contributed by atoms with Crippen molar-refractivity contribution in [2.24, 2.45) is 0 Å². The molecule has 3 aromatic rings. The first kappa shape index (κ1) is 28.7. The summed E-state index contributed by atoms with van der Waals surface area (Å²) in [4.78, 5) is 28.1. The van der Waals surface area contributed by atoms with Crippen molar-refractivity contribution in [1.82, 2.24) is 10.2 Å². The van der Waals surface area contributed by atoms with Crippen molar-refractivity contribution in [3.8, 4) is 0 Å². The van der Waals surface area contributed by atoms with E-state index in [-0.39, 0.29) is 17.3 Å². The summed E-state index contributed by atoms with van der Waals surface area (Å²) in [5.74, 6) is -0.835. The molecule has 0 heterocycles. The van der Waals surface area contributed by atoms with Crippen LogP contribution in [0.25, 0.3) is 0 Å². The first-order valence-corrected chi connectivity index (χ1v) is 14.4. The summed E-state index contributed by atoms with van der Waals surface area (Å²) in [5.41, 5.74) is 1.08. The van der Waals surface area contributed by atoms with E-state index in [2.05, 4.69) is 21.2 Å². The van der Waals surface area contributed by atoms with Gasteiger partial charge in [0.05, 0.1) is 10.6 Å². The van der Waals surface area contributed by atoms with Gasteiger partial charge in [-0.15, -0.1) is 0 Å². The van der Waals surface area contributed by atoms with E-state index in [9.17, 15) is 18.0 Å². The quantitative estimate of drug-likeness (QED) is 0.323. The fourth-order valence-electron chi connectivity index (χ4n) is 3.64. The third-order valence-corrected chi connectivity index (χ3v) is 8.22. The molecule has 0 bridgehead atoms. The lowest BCUT2D eigenvalue weighted by Crippen LogP contribution is -2.51. The number of rotatable bonds is 11. The topological polar surface area (TPSA) is 86.8 Å². The maximum atomic E-state index is 13.8. The zero-order valence-corrected chi connectivity index (χ0v) is 23.8. The second-order valence-electron chi connectivity index (χ2n) is 8.42. The average molecular weight is 607 g/mol. The number of halogens is 2. The molecule has 0 aliphatic rings. The lowest BCUT2D eigenvalue weighted by atomic mass is 10.1. The van der Waals surface area contributed by atoms with Crippen molar-refractivity contribution >= 4 is 55.1 Å². The van der Waals surface area contributed by atoms with Gasteiger partial charge in [0.25, 0.3) is 10.0 Å². The zero-order chi connectivity index (χ0) is 27.0. The predicted molar refractivity (Wildman–Crippen MR) is 150 cm³/mol. The summed E-state index contributed by atoms with van der Waals surface area (Å²) >= 11 is 9.40. The van der Waals surface area contributed by atoms with Crippen LogP contribution in [-0.4, -0.2) is 44.3 Å². The molecule has 0 spiro atoms. The van der Waals surface area contributed by atoms with Crippen LogP contribution in [0, 0.1) is 0 Å². The van der Waals surface area contributed by atoms with E-state index in [1.165, 1.54) is 17.0 Å². The smallest absolute Gasteiger partial charge is 0.264 e. The molecule has 3 rings (SSSR count). The van der Waals surface area contributed by atoms with E-state index in [0.717, 1.165) is 16.3 Å². The molecule has 0 aliphatic carbocycles. The number of benzene rings is 3. The van der Waals surface area contributed by atoms with Crippen molar-refractivity contribution in [2.45, 2.75) is 37.8 Å². The molecule has 1 N–H and O–H groups in total. The molecule has 7 nitrogen and oxygen atoms in total. The molecule has 196 valence electrons. The number of hydrogen-bond donors (Lipinski definition) is 1. The molecule has 0 saturated carbocycles. The van der Waals surface area contributed by atoms with Gasteiger partial charge in [-0.3, -0.25) is 13.9 Å². The maximum absolute atomic E-state index is 13.8. The van der Waals surface area contributed by atoms with Crippen LogP contribution in [0.1, 0.15) is 25.8 Å². The molecule has 0 aliphatic heterocycles. The summed E-state index contributed by atoms with van der Waals surface area (Å²) in [7, 11) is -4.09. The summed E-state index contributed by atoms with van der Waals surface area (Å²) < 4.78 is 29.1. The SMILES string of the molecule is CCCNC(=O)C(C)N(Cc1ccc(Cl)cc1)C(=O)CN(c1cccc(Br)c1)S(=O)(=O)c1ccccc1. The highest BCUT2D eigenvalue weighted by molar-refractivity contribution is 9.10. The Kier molecular flexibility index (Phi) is 10.1. The molecule has 10 heteroatoms. The summed E-state index contributed by atoms with van der Waals surface area (Å²) in [6.45, 7) is 3.65. The van der Waals surface area contributed by atoms with Crippen LogP contribution in [0.15, 0.2) is 88.2 Å². The number of carbonyl (C=O) groups excluding carboxylic acids is 2. The van der Waals surface area contributed by atoms with Gasteiger partial charge >= 0.3 is 0 Å². The summed E-state index contributed by atoms with van der Waals surface area (Å²) in [6, 6.07) is 20.8. The number of sulfonamides is 1. The molecule has 1 unspecified atom stereocenters. The van der Waals surface area contributed by atoms with Gasteiger partial charge in [-0.2, -0.15) is 0 Å². The van der Waals surface area contributed by atoms with Gasteiger partial charge in [-0.25, -0.2) is 8.42 Å². The second kappa shape index (κ2) is 13.1. The number of amides is 2. The Morgan fingerprint density at radius 3 is 2.30 bits per heavy atom. The highest BCUT2D eigenvalue weighted by Crippen LogP contribution is 2.27. The van der Waals surface area contributed by atoms with Gasteiger partial charge in [0.2, 0.25) is 11.8 Å².